The van der Waals surface area contributed by atoms with E-state index in [1.807, 2.05) is 0 Å². The van der Waals surface area contributed by atoms with Crippen molar-refractivity contribution >= 4 is 17.2 Å². The minimum atomic E-state index is -0.0363. The van der Waals surface area contributed by atoms with E-state index in [1.54, 1.807) is 16.7 Å². The smallest absolute Gasteiger partial charge is 0.136 e. The molecule has 4 heteroatoms. The zero-order chi connectivity index (χ0) is 37.1. The molecule has 2 aromatic rings. The lowest BCUT2D eigenvalue weighted by molar-refractivity contribution is -0.0889. The van der Waals surface area contributed by atoms with E-state index in [9.17, 15) is 0 Å². The highest BCUT2D eigenvalue weighted by Crippen LogP contribution is 2.65. The topological polar surface area (TPSA) is 46.0 Å². The molecule has 10 atom stereocenters. The minimum absolute atomic E-state index is 0.0162. The van der Waals surface area contributed by atoms with Crippen molar-refractivity contribution in [3.63, 3.8) is 0 Å². The van der Waals surface area contributed by atoms with Crippen molar-refractivity contribution in [3.8, 4) is 0 Å². The summed E-state index contributed by atoms with van der Waals surface area (Å²) in [5.74, 6) is 4.53. The monoisotopic (exact) mass is 737 g/mol. The first-order chi connectivity index (χ1) is 27.7. The van der Waals surface area contributed by atoms with Crippen LogP contribution < -0.4 is 5.32 Å². The molecule has 284 valence electrons. The Bertz CT molecular complexity index is 2190. The number of nitrogens with one attached hydrogen (secondary N) is 1. The molecule has 0 radical (unpaired) electrons. The molecule has 2 fully saturated rings. The van der Waals surface area contributed by atoms with E-state index in [0.29, 0.717) is 29.6 Å². The van der Waals surface area contributed by atoms with Gasteiger partial charge in [-0.05, 0) is 104 Å². The van der Waals surface area contributed by atoms with Gasteiger partial charge in [0.25, 0.3) is 0 Å². The van der Waals surface area contributed by atoms with Gasteiger partial charge in [-0.2, -0.15) is 0 Å². The van der Waals surface area contributed by atoms with Crippen molar-refractivity contribution in [1.29, 1.82) is 0 Å². The molecule has 1 spiro atoms. The molecular formula is C52H55N3O. The van der Waals surface area contributed by atoms with E-state index in [1.165, 1.54) is 54.4 Å². The van der Waals surface area contributed by atoms with E-state index < -0.39 is 0 Å². The summed E-state index contributed by atoms with van der Waals surface area (Å²) in [6.07, 6.45) is 43.4. The van der Waals surface area contributed by atoms with Crippen LogP contribution in [-0.4, -0.2) is 30.0 Å². The molecule has 0 aromatic heterocycles. The van der Waals surface area contributed by atoms with Crippen LogP contribution in [0.5, 0.6) is 0 Å². The third-order valence-electron chi connectivity index (χ3n) is 14.9. The van der Waals surface area contributed by atoms with E-state index in [2.05, 4.69) is 133 Å². The number of allylic oxidation sites excluding steroid dienone is 11. The molecular weight excluding hydrogens is 683 g/mol. The summed E-state index contributed by atoms with van der Waals surface area (Å²) in [6.45, 7) is 0. The predicted octanol–water partition coefficient (Wildman–Crippen LogP) is 11.4. The van der Waals surface area contributed by atoms with Gasteiger partial charge in [-0.25, -0.2) is 9.98 Å². The normalized spacial score (nSPS) is 36.8. The number of benzene rings is 2. The maximum Gasteiger partial charge on any atom is 0.136 e. The number of fused-ring (bicyclic) bond motifs is 9. The molecule has 1 N–H and O–H groups in total. The molecule has 11 rings (SSSR count). The van der Waals surface area contributed by atoms with Crippen molar-refractivity contribution in [2.45, 2.75) is 107 Å². The molecule has 0 amide bonds. The molecule has 7 aliphatic carbocycles. The lowest BCUT2D eigenvalue weighted by Crippen LogP contribution is -2.56. The minimum Gasteiger partial charge on any atom is -0.370 e. The van der Waals surface area contributed by atoms with Gasteiger partial charge >= 0.3 is 0 Å². The van der Waals surface area contributed by atoms with Crippen LogP contribution in [0.1, 0.15) is 99.7 Å². The molecule has 56 heavy (non-hydrogen) atoms. The van der Waals surface area contributed by atoms with Gasteiger partial charge in [0.2, 0.25) is 0 Å². The molecule has 9 aliphatic rings. The van der Waals surface area contributed by atoms with Gasteiger partial charge in [-0.15, -0.1) is 0 Å². The average molecular weight is 738 g/mol. The Morgan fingerprint density at radius 3 is 2.54 bits per heavy atom. The van der Waals surface area contributed by atoms with Crippen LogP contribution >= 0.6 is 0 Å². The van der Waals surface area contributed by atoms with E-state index in [-0.39, 0.29) is 29.7 Å². The van der Waals surface area contributed by atoms with Gasteiger partial charge in [-0.3, -0.25) is 0 Å². The zero-order valence-corrected chi connectivity index (χ0v) is 32.6. The SMILES string of the molecule is C1=CC2c3ccccc3C3(C4=CCCCC4OC4CCC(C5CCCC(C6=NC(C7C=CC(c8ccccc8)=CC7)NC(C7=CCCC=C7)=N6)C5)=CC43)C2C=C1. The number of rotatable bonds is 5. The van der Waals surface area contributed by atoms with Gasteiger partial charge in [0.05, 0.1) is 12.2 Å². The number of amidine groups is 2. The van der Waals surface area contributed by atoms with E-state index >= 15 is 0 Å². The summed E-state index contributed by atoms with van der Waals surface area (Å²) in [7, 11) is 0. The van der Waals surface area contributed by atoms with E-state index in [0.717, 1.165) is 56.6 Å². The summed E-state index contributed by atoms with van der Waals surface area (Å²) in [4.78, 5) is 10.9. The number of aliphatic imine (C=N–C) groups is 2. The van der Waals surface area contributed by atoms with Gasteiger partial charge in [0.15, 0.2) is 0 Å². The van der Waals surface area contributed by atoms with Crippen LogP contribution in [0.4, 0.5) is 0 Å². The number of ether oxygens (including phenoxy) is 1. The zero-order valence-electron chi connectivity index (χ0n) is 32.6. The Morgan fingerprint density at radius 1 is 0.750 bits per heavy atom. The average Bonchev–Trinajstić information content (AvgIpc) is 3.57. The van der Waals surface area contributed by atoms with Crippen LogP contribution in [0.3, 0.4) is 0 Å². The fraction of sp³-hybridized carbons (Fsp3) is 0.423. The molecule has 0 bridgehead atoms. The molecule has 2 aromatic carbocycles. The Kier molecular flexibility index (Phi) is 8.94. The second-order valence-corrected chi connectivity index (χ2v) is 17.9. The third kappa shape index (κ3) is 5.80. The third-order valence-corrected chi connectivity index (χ3v) is 14.9. The highest BCUT2D eigenvalue weighted by Gasteiger charge is 2.62. The van der Waals surface area contributed by atoms with Crippen LogP contribution in [-0.2, 0) is 10.2 Å². The van der Waals surface area contributed by atoms with Crippen LogP contribution in [0.2, 0.25) is 0 Å². The summed E-state index contributed by atoms with van der Waals surface area (Å²) in [5, 5.41) is 3.83. The van der Waals surface area contributed by atoms with Crippen molar-refractivity contribution in [2.75, 3.05) is 0 Å². The lowest BCUT2D eigenvalue weighted by atomic mass is 9.53. The van der Waals surface area contributed by atoms with Gasteiger partial charge in [0.1, 0.15) is 17.8 Å². The Labute approximate surface area is 333 Å². The highest BCUT2D eigenvalue weighted by molar-refractivity contribution is 6.09. The Balaban J connectivity index is 0.917. The predicted molar refractivity (Wildman–Crippen MR) is 229 cm³/mol. The summed E-state index contributed by atoms with van der Waals surface area (Å²) < 4.78 is 7.18. The summed E-state index contributed by atoms with van der Waals surface area (Å²) in [5.41, 5.74) is 10.2. The summed E-state index contributed by atoms with van der Waals surface area (Å²) >= 11 is 0. The van der Waals surface area contributed by atoms with Crippen LogP contribution in [0.25, 0.3) is 5.57 Å². The van der Waals surface area contributed by atoms with Crippen molar-refractivity contribution in [2.24, 2.45) is 39.6 Å². The number of nitrogens with zero attached hydrogens (tertiary/aromatic N) is 2. The number of hydrogen-bond donors (Lipinski definition) is 1. The molecule has 4 nitrogen and oxygen atoms in total. The van der Waals surface area contributed by atoms with Gasteiger partial charge in [0, 0.05) is 40.6 Å². The van der Waals surface area contributed by atoms with Crippen molar-refractivity contribution < 1.29 is 4.74 Å². The molecule has 1 saturated carbocycles. The fourth-order valence-corrected chi connectivity index (χ4v) is 12.4. The van der Waals surface area contributed by atoms with Crippen LogP contribution in [0, 0.1) is 29.6 Å². The molecule has 10 unspecified atom stereocenters. The maximum atomic E-state index is 7.18. The molecule has 2 heterocycles. The van der Waals surface area contributed by atoms with Crippen molar-refractivity contribution in [1.82, 2.24) is 5.32 Å². The first-order valence-corrected chi connectivity index (χ1v) is 22.0. The van der Waals surface area contributed by atoms with Crippen LogP contribution in [0.15, 0.2) is 154 Å². The standard InChI is InChI=1S/C52H55N3O/c1-3-14-34(15-4-1)35-26-28-37(29-27-35)50-53-49(36-16-5-2-6-17-36)54-51(55-50)40-19-13-18-38(32-40)39-30-31-48-46(33-39)52(45-24-11-12-25-47(45)56-48)43-22-9-7-20-41(43)42-21-8-10-23-44(42)52/h1,3-5,7-10,14-17,20-24,26-28,33,37-38,40-41,43,46-48,50H,2,6,11-13,18-19,25,29-32H2,(H,53,54,55). The van der Waals surface area contributed by atoms with Gasteiger partial charge in [-0.1, -0.05) is 140 Å². The van der Waals surface area contributed by atoms with E-state index in [4.69, 9.17) is 14.7 Å². The van der Waals surface area contributed by atoms with Crippen molar-refractivity contribution in [3.05, 3.63) is 161 Å². The summed E-state index contributed by atoms with van der Waals surface area (Å²) in [6, 6.07) is 20.2. The Morgan fingerprint density at radius 2 is 1.64 bits per heavy atom. The second kappa shape index (κ2) is 14.4. The van der Waals surface area contributed by atoms with Gasteiger partial charge < -0.3 is 10.1 Å². The lowest BCUT2D eigenvalue weighted by Gasteiger charge is -2.56. The quantitative estimate of drug-likeness (QED) is 0.311. The Hall–Kier alpha value is -4.54. The highest BCUT2D eigenvalue weighted by atomic mass is 16.5. The largest absolute Gasteiger partial charge is 0.370 e. The number of hydrogen-bond acceptors (Lipinski definition) is 4. The first kappa shape index (κ1) is 34.7. The molecule has 2 aliphatic heterocycles. The second-order valence-electron chi connectivity index (χ2n) is 17.9. The fourth-order valence-electron chi connectivity index (χ4n) is 12.4. The molecule has 1 saturated heterocycles. The first-order valence-electron chi connectivity index (χ1n) is 22.0. The maximum absolute atomic E-state index is 7.18.